The number of carbonyl (C=O) groups excluding carboxylic acids is 2. The molecule has 0 aliphatic heterocycles. The van der Waals surface area contributed by atoms with Crippen LogP contribution in [0.15, 0.2) is 48.5 Å². The number of alkyl carbamates (subject to hydrolysis) is 1. The maximum absolute atomic E-state index is 12.7. The maximum Gasteiger partial charge on any atom is 0.407 e. The van der Waals surface area contributed by atoms with Crippen molar-refractivity contribution in [3.8, 4) is 11.1 Å². The average Bonchev–Trinajstić information content (AvgIpc) is 3.10. The van der Waals surface area contributed by atoms with Crippen LogP contribution >= 0.6 is 0 Å². The molecule has 2 aromatic rings. The van der Waals surface area contributed by atoms with Gasteiger partial charge in [-0.15, -0.1) is 0 Å². The summed E-state index contributed by atoms with van der Waals surface area (Å²) in [7, 11) is 0. The fraction of sp³-hybridized carbons (Fsp3) is 0.444. The van der Waals surface area contributed by atoms with Gasteiger partial charge in [0.05, 0.1) is 0 Å². The molecule has 188 valence electrons. The van der Waals surface area contributed by atoms with E-state index in [2.05, 4.69) is 22.8 Å². The number of benzene rings is 2. The predicted octanol–water partition coefficient (Wildman–Crippen LogP) is 3.67. The lowest BCUT2D eigenvalue weighted by Gasteiger charge is -2.27. The number of fused-ring (bicyclic) bond motifs is 3. The fourth-order valence-corrected chi connectivity index (χ4v) is 4.58. The topological polar surface area (TPSA) is 125 Å². The molecule has 4 N–H and O–H groups in total. The van der Waals surface area contributed by atoms with E-state index in [1.165, 1.54) is 0 Å². The first-order valence-corrected chi connectivity index (χ1v) is 11.8. The number of carboxylic acids is 1. The molecule has 0 bridgehead atoms. The number of aliphatic carboxylic acids is 1. The molecule has 8 nitrogen and oxygen atoms in total. The molecular weight excluding hydrogens is 448 g/mol. The summed E-state index contributed by atoms with van der Waals surface area (Å²) in [5.74, 6) is -1.81. The Morgan fingerprint density at radius 3 is 2.06 bits per heavy atom. The van der Waals surface area contributed by atoms with E-state index in [1.54, 1.807) is 0 Å². The first-order chi connectivity index (χ1) is 16.6. The summed E-state index contributed by atoms with van der Waals surface area (Å²) in [6, 6.07) is 14.4. The fourth-order valence-electron chi connectivity index (χ4n) is 4.58. The number of amides is 2. The Morgan fingerprint density at radius 1 is 0.971 bits per heavy atom. The molecule has 0 saturated carbocycles. The van der Waals surface area contributed by atoms with E-state index in [0.717, 1.165) is 22.3 Å². The summed E-state index contributed by atoms with van der Waals surface area (Å²) in [5.41, 5.74) is 4.29. The number of ether oxygens (including phenoxy) is 1. The van der Waals surface area contributed by atoms with Crippen molar-refractivity contribution in [1.29, 1.82) is 0 Å². The molecule has 1 aliphatic carbocycles. The third kappa shape index (κ3) is 7.05. The highest BCUT2D eigenvalue weighted by Gasteiger charge is 2.30. The highest BCUT2D eigenvalue weighted by Crippen LogP contribution is 2.44. The van der Waals surface area contributed by atoms with Crippen LogP contribution in [0.2, 0.25) is 0 Å². The van der Waals surface area contributed by atoms with Gasteiger partial charge in [0, 0.05) is 31.4 Å². The van der Waals surface area contributed by atoms with Crippen molar-refractivity contribution in [3.05, 3.63) is 59.7 Å². The van der Waals surface area contributed by atoms with E-state index in [1.807, 2.05) is 57.2 Å². The molecule has 0 spiro atoms. The Kier molecular flexibility index (Phi) is 8.51. The monoisotopic (exact) mass is 482 g/mol. The van der Waals surface area contributed by atoms with Gasteiger partial charge in [-0.05, 0) is 34.1 Å². The first-order valence-electron chi connectivity index (χ1n) is 11.8. The molecule has 1 aliphatic rings. The van der Waals surface area contributed by atoms with Crippen LogP contribution < -0.4 is 10.6 Å². The van der Waals surface area contributed by atoms with Crippen LogP contribution in [0.25, 0.3) is 11.1 Å². The van der Waals surface area contributed by atoms with Crippen LogP contribution in [0.1, 0.15) is 57.1 Å². The number of carboxylic acid groups (broad SMARTS) is 1. The van der Waals surface area contributed by atoms with E-state index in [4.69, 9.17) is 9.84 Å². The second kappa shape index (κ2) is 11.4. The number of hydrogen-bond donors (Lipinski definition) is 4. The minimum atomic E-state index is -1.22. The zero-order chi connectivity index (χ0) is 25.6. The van der Waals surface area contributed by atoms with Gasteiger partial charge >= 0.3 is 12.1 Å². The Hall–Kier alpha value is -3.39. The minimum Gasteiger partial charge on any atom is -0.480 e. The van der Waals surface area contributed by atoms with E-state index >= 15 is 0 Å². The molecule has 2 atom stereocenters. The van der Waals surface area contributed by atoms with Gasteiger partial charge in [0.15, 0.2) is 0 Å². The molecular formula is C27H34N2O6. The summed E-state index contributed by atoms with van der Waals surface area (Å²) < 4.78 is 5.62. The van der Waals surface area contributed by atoms with E-state index < -0.39 is 30.1 Å². The summed E-state index contributed by atoms with van der Waals surface area (Å²) in [4.78, 5) is 36.5. The van der Waals surface area contributed by atoms with Gasteiger partial charge in [0.1, 0.15) is 12.6 Å². The number of aliphatic hydroxyl groups excluding tert-OH is 1. The van der Waals surface area contributed by atoms with E-state index in [0.29, 0.717) is 6.42 Å². The Balaban J connectivity index is 1.64. The number of rotatable bonds is 10. The van der Waals surface area contributed by atoms with E-state index in [9.17, 15) is 19.5 Å². The van der Waals surface area contributed by atoms with Crippen LogP contribution in [0.5, 0.6) is 0 Å². The summed E-state index contributed by atoms with van der Waals surface area (Å²) >= 11 is 0. The van der Waals surface area contributed by atoms with Gasteiger partial charge < -0.3 is 25.6 Å². The van der Waals surface area contributed by atoms with Gasteiger partial charge in [-0.2, -0.15) is 0 Å². The van der Waals surface area contributed by atoms with Crippen LogP contribution in [0, 0.1) is 5.41 Å². The number of carbonyl (C=O) groups is 3. The molecule has 0 aromatic heterocycles. The summed E-state index contributed by atoms with van der Waals surface area (Å²) in [5, 5.41) is 23.5. The van der Waals surface area contributed by atoms with Crippen molar-refractivity contribution in [3.63, 3.8) is 0 Å². The highest BCUT2D eigenvalue weighted by atomic mass is 16.5. The summed E-state index contributed by atoms with van der Waals surface area (Å²) in [6.45, 7) is 5.77. The Morgan fingerprint density at radius 2 is 1.54 bits per heavy atom. The lowest BCUT2D eigenvalue weighted by atomic mass is 9.87. The highest BCUT2D eigenvalue weighted by molar-refractivity contribution is 5.84. The molecule has 3 rings (SSSR count). The third-order valence-electron chi connectivity index (χ3n) is 6.01. The van der Waals surface area contributed by atoms with Crippen LogP contribution in [0.4, 0.5) is 4.79 Å². The molecule has 8 heteroatoms. The minimum absolute atomic E-state index is 0.0766. The largest absolute Gasteiger partial charge is 0.480 e. The molecule has 35 heavy (non-hydrogen) atoms. The van der Waals surface area contributed by atoms with Gasteiger partial charge in [-0.3, -0.25) is 4.79 Å². The summed E-state index contributed by atoms with van der Waals surface area (Å²) in [6.07, 6.45) is -0.330. The van der Waals surface area contributed by atoms with Gasteiger partial charge in [0.2, 0.25) is 5.91 Å². The quantitative estimate of drug-likeness (QED) is 0.410. The predicted molar refractivity (Wildman–Crippen MR) is 132 cm³/mol. The molecule has 2 amide bonds. The van der Waals surface area contributed by atoms with Crippen molar-refractivity contribution >= 4 is 18.0 Å². The third-order valence-corrected chi connectivity index (χ3v) is 6.01. The average molecular weight is 483 g/mol. The molecule has 0 radical (unpaired) electrons. The van der Waals surface area contributed by atoms with Crippen LogP contribution in [0.3, 0.4) is 0 Å². The normalized spacial score (nSPS) is 14.4. The lowest BCUT2D eigenvalue weighted by Crippen LogP contribution is -2.46. The number of hydrogen-bond acceptors (Lipinski definition) is 5. The Bertz CT molecular complexity index is 1020. The van der Waals surface area contributed by atoms with Gasteiger partial charge in [0.25, 0.3) is 0 Å². The molecule has 0 heterocycles. The van der Waals surface area contributed by atoms with E-state index in [-0.39, 0.29) is 37.4 Å². The van der Waals surface area contributed by atoms with Crippen molar-refractivity contribution in [2.24, 2.45) is 5.41 Å². The zero-order valence-corrected chi connectivity index (χ0v) is 20.4. The van der Waals surface area contributed by atoms with Gasteiger partial charge in [-0.1, -0.05) is 69.3 Å². The smallest absolute Gasteiger partial charge is 0.407 e. The zero-order valence-electron chi connectivity index (χ0n) is 20.4. The second-order valence-electron chi connectivity index (χ2n) is 10.1. The number of aliphatic hydroxyl groups is 1. The maximum atomic E-state index is 12.7. The van der Waals surface area contributed by atoms with Crippen LogP contribution in [-0.2, 0) is 14.3 Å². The van der Waals surface area contributed by atoms with Crippen LogP contribution in [-0.4, -0.2) is 53.5 Å². The first kappa shape index (κ1) is 26.2. The molecule has 2 aromatic carbocycles. The Labute approximate surface area is 205 Å². The lowest BCUT2D eigenvalue weighted by molar-refractivity contribution is -0.142. The van der Waals surface area contributed by atoms with Gasteiger partial charge in [-0.25, -0.2) is 9.59 Å². The molecule has 0 saturated heterocycles. The van der Waals surface area contributed by atoms with Crippen molar-refractivity contribution in [1.82, 2.24) is 10.6 Å². The van der Waals surface area contributed by atoms with Crippen molar-refractivity contribution in [2.45, 2.75) is 58.0 Å². The molecule has 0 fully saturated rings. The second-order valence-corrected chi connectivity index (χ2v) is 10.1. The van der Waals surface area contributed by atoms with Crippen molar-refractivity contribution < 1.29 is 29.3 Å². The number of nitrogens with one attached hydrogen (secondary N) is 2. The van der Waals surface area contributed by atoms with Crippen molar-refractivity contribution in [2.75, 3.05) is 13.2 Å². The standard InChI is InChI=1S/C27H34N2O6/c1-27(2,3)15-17(14-24(31)29-23(12-13-30)25(32)33)28-26(34)35-16-22-20-10-6-4-8-18(20)19-9-5-7-11-21(19)22/h4-11,17,22-23,30H,12-16H2,1-3H3,(H,28,34)(H,29,31)(H,32,33)/t17?,23-/m0/s1. The SMILES string of the molecule is CC(C)(C)CC(CC(=O)N[C@@H](CCO)C(=O)O)NC(=O)OCC1c2ccccc2-c2ccccc21. The molecule has 1 unspecified atom stereocenters.